The van der Waals surface area contributed by atoms with Gasteiger partial charge in [-0.25, -0.2) is 4.79 Å². The Labute approximate surface area is 133 Å². The molecule has 3 rings (SSSR count). The molecule has 0 aliphatic carbocycles. The first kappa shape index (κ1) is 15.5. The van der Waals surface area contributed by atoms with Crippen molar-refractivity contribution in [3.8, 4) is 0 Å². The zero-order valence-electron chi connectivity index (χ0n) is 13.1. The Morgan fingerprint density at radius 2 is 1.86 bits per heavy atom. The van der Waals surface area contributed by atoms with Gasteiger partial charge < -0.3 is 15.1 Å². The van der Waals surface area contributed by atoms with Gasteiger partial charge in [0.15, 0.2) is 0 Å². The van der Waals surface area contributed by atoms with Gasteiger partial charge in [-0.1, -0.05) is 0 Å². The van der Waals surface area contributed by atoms with Gasteiger partial charge in [0.1, 0.15) is 0 Å². The third kappa shape index (κ3) is 4.28. The van der Waals surface area contributed by atoms with Crippen LogP contribution in [0.3, 0.4) is 0 Å². The normalized spacial score (nSPS) is 31.3. The zero-order valence-corrected chi connectivity index (χ0v) is 13.9. The summed E-state index contributed by atoms with van der Waals surface area (Å²) in [5.74, 6) is 1.27. The second kappa shape index (κ2) is 7.73. The Hall–Kier alpha value is -0.420. The van der Waals surface area contributed by atoms with Gasteiger partial charge in [-0.05, 0) is 63.8 Å². The van der Waals surface area contributed by atoms with E-state index in [1.165, 1.54) is 50.9 Å². The van der Waals surface area contributed by atoms with Crippen molar-refractivity contribution in [1.29, 1.82) is 0 Å². The number of likely N-dealkylation sites (tertiary alicyclic amines) is 2. The van der Waals surface area contributed by atoms with Gasteiger partial charge in [0.25, 0.3) is 0 Å². The molecule has 3 fully saturated rings. The van der Waals surface area contributed by atoms with Crippen LogP contribution in [0.4, 0.5) is 4.79 Å². The maximum absolute atomic E-state index is 12.3. The Morgan fingerprint density at radius 1 is 1.00 bits per heavy atom. The Bertz CT molecular complexity index is 340. The second-order valence-electron chi connectivity index (χ2n) is 6.64. The van der Waals surface area contributed by atoms with Gasteiger partial charge in [-0.3, -0.25) is 0 Å². The number of thioether (sulfide) groups is 1. The van der Waals surface area contributed by atoms with E-state index < -0.39 is 0 Å². The minimum atomic E-state index is 0.171. The Balaban J connectivity index is 1.41. The highest BCUT2D eigenvalue weighted by Crippen LogP contribution is 2.25. The number of amides is 2. The molecule has 21 heavy (non-hydrogen) atoms. The van der Waals surface area contributed by atoms with Crippen LogP contribution < -0.4 is 5.32 Å². The molecule has 0 aromatic carbocycles. The highest BCUT2D eigenvalue weighted by Gasteiger charge is 2.26. The van der Waals surface area contributed by atoms with Crippen LogP contribution >= 0.6 is 11.8 Å². The van der Waals surface area contributed by atoms with E-state index >= 15 is 0 Å². The van der Waals surface area contributed by atoms with Gasteiger partial charge in [-0.2, -0.15) is 11.8 Å². The Morgan fingerprint density at radius 3 is 2.62 bits per heavy atom. The van der Waals surface area contributed by atoms with Crippen molar-refractivity contribution in [2.75, 3.05) is 38.5 Å². The summed E-state index contributed by atoms with van der Waals surface area (Å²) >= 11 is 2.01. The molecule has 2 amide bonds. The lowest BCUT2D eigenvalue weighted by atomic mass is 10.1. The van der Waals surface area contributed by atoms with Crippen LogP contribution in [-0.2, 0) is 0 Å². The lowest BCUT2D eigenvalue weighted by molar-refractivity contribution is 0.194. The fourth-order valence-corrected chi connectivity index (χ4v) is 5.07. The van der Waals surface area contributed by atoms with E-state index in [1.54, 1.807) is 0 Å². The van der Waals surface area contributed by atoms with E-state index in [-0.39, 0.29) is 6.03 Å². The molecule has 0 unspecified atom stereocenters. The van der Waals surface area contributed by atoms with Gasteiger partial charge in [0.2, 0.25) is 0 Å². The van der Waals surface area contributed by atoms with Gasteiger partial charge >= 0.3 is 6.03 Å². The molecular formula is C16H29N3OS. The number of rotatable bonds is 3. The number of carbonyl (C=O) groups excluding carboxylic acids is 1. The molecule has 0 spiro atoms. The van der Waals surface area contributed by atoms with Crippen LogP contribution in [0.25, 0.3) is 0 Å². The summed E-state index contributed by atoms with van der Waals surface area (Å²) in [5.41, 5.74) is 0. The van der Waals surface area contributed by atoms with Crippen molar-refractivity contribution in [2.45, 2.75) is 56.2 Å². The fourth-order valence-electron chi connectivity index (χ4n) is 3.87. The number of nitrogens with zero attached hydrogens (tertiary/aromatic N) is 2. The SMILES string of the molecule is O=C(NC[C@H]1CCCS1)N1CCC[C@H](N2CCCC2)CC1. The summed E-state index contributed by atoms with van der Waals surface area (Å²) in [5, 5.41) is 3.81. The quantitative estimate of drug-likeness (QED) is 0.870. The van der Waals surface area contributed by atoms with E-state index in [4.69, 9.17) is 0 Å². The molecule has 0 bridgehead atoms. The number of carbonyl (C=O) groups is 1. The summed E-state index contributed by atoms with van der Waals surface area (Å²) in [6.45, 7) is 5.28. The van der Waals surface area contributed by atoms with E-state index in [2.05, 4.69) is 15.1 Å². The summed E-state index contributed by atoms with van der Waals surface area (Å²) in [6.07, 6.45) is 8.88. The van der Waals surface area contributed by atoms with Gasteiger partial charge in [0, 0.05) is 30.9 Å². The first-order valence-electron chi connectivity index (χ1n) is 8.71. The molecule has 2 atom stereocenters. The lowest BCUT2D eigenvalue weighted by Crippen LogP contribution is -2.43. The summed E-state index contributed by atoms with van der Waals surface area (Å²) in [7, 11) is 0. The van der Waals surface area contributed by atoms with Crippen LogP contribution in [-0.4, -0.2) is 65.6 Å². The molecule has 4 nitrogen and oxygen atoms in total. The Kier molecular flexibility index (Phi) is 5.69. The van der Waals surface area contributed by atoms with E-state index in [0.717, 1.165) is 38.5 Å². The van der Waals surface area contributed by atoms with Crippen molar-refractivity contribution in [3.05, 3.63) is 0 Å². The summed E-state index contributed by atoms with van der Waals surface area (Å²) in [6, 6.07) is 0.889. The average molecular weight is 311 g/mol. The number of hydrogen-bond donors (Lipinski definition) is 1. The number of urea groups is 1. The summed E-state index contributed by atoms with van der Waals surface area (Å²) < 4.78 is 0. The van der Waals surface area contributed by atoms with Gasteiger partial charge in [0.05, 0.1) is 0 Å². The predicted octanol–water partition coefficient (Wildman–Crippen LogP) is 2.54. The molecule has 0 aromatic heterocycles. The molecule has 120 valence electrons. The zero-order chi connectivity index (χ0) is 14.5. The molecule has 0 saturated carbocycles. The molecule has 3 aliphatic rings. The van der Waals surface area contributed by atoms with Crippen molar-refractivity contribution >= 4 is 17.8 Å². The molecule has 3 heterocycles. The molecule has 0 aromatic rings. The standard InChI is InChI=1S/C16H29N3OS/c20-16(17-13-15-6-4-12-21-15)19-10-3-5-14(7-11-19)18-8-1-2-9-18/h14-15H,1-13H2,(H,17,20)/t14-,15+/m0/s1. The smallest absolute Gasteiger partial charge is 0.317 e. The highest BCUT2D eigenvalue weighted by atomic mass is 32.2. The van der Waals surface area contributed by atoms with Crippen molar-refractivity contribution in [3.63, 3.8) is 0 Å². The fraction of sp³-hybridized carbons (Fsp3) is 0.938. The van der Waals surface area contributed by atoms with Crippen molar-refractivity contribution in [1.82, 2.24) is 15.1 Å². The van der Waals surface area contributed by atoms with Crippen LogP contribution in [0.5, 0.6) is 0 Å². The summed E-state index contributed by atoms with van der Waals surface area (Å²) in [4.78, 5) is 17.0. The minimum Gasteiger partial charge on any atom is -0.337 e. The molecule has 3 aliphatic heterocycles. The monoisotopic (exact) mass is 311 g/mol. The topological polar surface area (TPSA) is 35.6 Å². The van der Waals surface area contributed by atoms with E-state index in [1.807, 2.05) is 11.8 Å². The van der Waals surface area contributed by atoms with Crippen LogP contribution in [0.2, 0.25) is 0 Å². The molecule has 3 saturated heterocycles. The minimum absolute atomic E-state index is 0.171. The number of nitrogens with one attached hydrogen (secondary N) is 1. The molecule has 5 heteroatoms. The maximum atomic E-state index is 12.3. The van der Waals surface area contributed by atoms with E-state index in [9.17, 15) is 4.79 Å². The van der Waals surface area contributed by atoms with Crippen LogP contribution in [0.1, 0.15) is 44.9 Å². The lowest BCUT2D eigenvalue weighted by Gasteiger charge is -2.26. The van der Waals surface area contributed by atoms with Gasteiger partial charge in [-0.15, -0.1) is 0 Å². The highest BCUT2D eigenvalue weighted by molar-refractivity contribution is 8.00. The molecule has 0 radical (unpaired) electrons. The first-order valence-corrected chi connectivity index (χ1v) is 9.76. The van der Waals surface area contributed by atoms with Crippen LogP contribution in [0, 0.1) is 0 Å². The first-order chi connectivity index (χ1) is 10.3. The molecule has 1 N–H and O–H groups in total. The molecular weight excluding hydrogens is 282 g/mol. The average Bonchev–Trinajstić information content (AvgIpc) is 3.15. The number of hydrogen-bond acceptors (Lipinski definition) is 3. The van der Waals surface area contributed by atoms with E-state index in [0.29, 0.717) is 5.25 Å². The second-order valence-corrected chi connectivity index (χ2v) is 8.04. The van der Waals surface area contributed by atoms with Crippen molar-refractivity contribution in [2.24, 2.45) is 0 Å². The third-order valence-corrected chi connectivity index (χ3v) is 6.54. The van der Waals surface area contributed by atoms with Crippen LogP contribution in [0.15, 0.2) is 0 Å². The third-order valence-electron chi connectivity index (χ3n) is 5.15. The largest absolute Gasteiger partial charge is 0.337 e. The predicted molar refractivity (Wildman–Crippen MR) is 88.9 cm³/mol. The maximum Gasteiger partial charge on any atom is 0.317 e. The van der Waals surface area contributed by atoms with Crippen molar-refractivity contribution < 1.29 is 4.79 Å².